The van der Waals surface area contributed by atoms with Gasteiger partial charge < -0.3 is 29.5 Å². The van der Waals surface area contributed by atoms with Gasteiger partial charge in [-0.3, -0.25) is 0 Å². The zero-order valence-electron chi connectivity index (χ0n) is 16.5. The van der Waals surface area contributed by atoms with E-state index < -0.39 is 0 Å². The van der Waals surface area contributed by atoms with Crippen LogP contribution in [0.25, 0.3) is 0 Å². The normalized spacial score (nSPS) is 20.7. The summed E-state index contributed by atoms with van der Waals surface area (Å²) < 4.78 is 10.4. The molecule has 0 aliphatic carbocycles. The van der Waals surface area contributed by atoms with Gasteiger partial charge in [0.1, 0.15) is 5.75 Å². The van der Waals surface area contributed by atoms with Crippen molar-refractivity contribution in [2.24, 2.45) is 5.92 Å². The van der Waals surface area contributed by atoms with Gasteiger partial charge in [-0.05, 0) is 31.0 Å². The summed E-state index contributed by atoms with van der Waals surface area (Å²) in [5.74, 6) is 1.41. The Kier molecular flexibility index (Phi) is 7.18. The van der Waals surface area contributed by atoms with Crippen molar-refractivity contribution in [1.82, 2.24) is 15.1 Å². The van der Waals surface area contributed by atoms with Gasteiger partial charge in [-0.25, -0.2) is 4.79 Å². The van der Waals surface area contributed by atoms with Crippen LogP contribution in [0.1, 0.15) is 6.42 Å². The fourth-order valence-electron chi connectivity index (χ4n) is 3.82. The maximum atomic E-state index is 12.5. The molecule has 0 spiro atoms. The van der Waals surface area contributed by atoms with Gasteiger partial charge in [0.25, 0.3) is 0 Å². The van der Waals surface area contributed by atoms with Gasteiger partial charge in [0.2, 0.25) is 0 Å². The van der Waals surface area contributed by atoms with Crippen molar-refractivity contribution in [2.45, 2.75) is 6.42 Å². The highest BCUT2D eigenvalue weighted by atomic mass is 16.5. The maximum Gasteiger partial charge on any atom is 0.317 e. The molecular weight excluding hydrogens is 344 g/mol. The summed E-state index contributed by atoms with van der Waals surface area (Å²) in [4.78, 5) is 19.1. The van der Waals surface area contributed by atoms with Crippen LogP contribution < -0.4 is 15.0 Å². The van der Waals surface area contributed by atoms with E-state index in [0.717, 1.165) is 76.8 Å². The van der Waals surface area contributed by atoms with E-state index in [1.54, 1.807) is 14.2 Å². The number of nitrogens with zero attached hydrogens (tertiary/aromatic N) is 3. The molecule has 27 heavy (non-hydrogen) atoms. The summed E-state index contributed by atoms with van der Waals surface area (Å²) in [7, 11) is 3.42. The minimum Gasteiger partial charge on any atom is -0.497 e. The van der Waals surface area contributed by atoms with Crippen LogP contribution >= 0.6 is 0 Å². The van der Waals surface area contributed by atoms with Gasteiger partial charge in [-0.15, -0.1) is 0 Å². The van der Waals surface area contributed by atoms with Crippen LogP contribution in [0.3, 0.4) is 0 Å². The van der Waals surface area contributed by atoms with Crippen molar-refractivity contribution in [3.8, 4) is 5.75 Å². The van der Waals surface area contributed by atoms with Crippen molar-refractivity contribution < 1.29 is 14.3 Å². The Morgan fingerprint density at radius 2 is 2.00 bits per heavy atom. The summed E-state index contributed by atoms with van der Waals surface area (Å²) in [6.45, 7) is 7.84. The van der Waals surface area contributed by atoms with Gasteiger partial charge in [-0.2, -0.15) is 0 Å². The highest BCUT2D eigenvalue weighted by Crippen LogP contribution is 2.22. The number of hydrogen-bond donors (Lipinski definition) is 1. The van der Waals surface area contributed by atoms with Crippen LogP contribution in [0.5, 0.6) is 5.75 Å². The Morgan fingerprint density at radius 1 is 1.19 bits per heavy atom. The fourth-order valence-corrected chi connectivity index (χ4v) is 3.82. The number of carbonyl (C=O) groups is 1. The number of benzene rings is 1. The van der Waals surface area contributed by atoms with E-state index in [4.69, 9.17) is 9.47 Å². The number of ether oxygens (including phenoxy) is 2. The van der Waals surface area contributed by atoms with E-state index in [2.05, 4.69) is 21.2 Å². The molecule has 0 saturated carbocycles. The molecule has 2 heterocycles. The third-order valence-corrected chi connectivity index (χ3v) is 5.51. The quantitative estimate of drug-likeness (QED) is 0.782. The van der Waals surface area contributed by atoms with Crippen molar-refractivity contribution in [3.05, 3.63) is 24.3 Å². The van der Waals surface area contributed by atoms with E-state index >= 15 is 0 Å². The summed E-state index contributed by atoms with van der Waals surface area (Å²) >= 11 is 0. The molecule has 0 aromatic heterocycles. The first-order valence-corrected chi connectivity index (χ1v) is 9.82. The first-order valence-electron chi connectivity index (χ1n) is 9.82. The first kappa shape index (κ1) is 19.8. The highest BCUT2D eigenvalue weighted by molar-refractivity contribution is 5.74. The topological polar surface area (TPSA) is 57.3 Å². The largest absolute Gasteiger partial charge is 0.497 e. The van der Waals surface area contributed by atoms with E-state index in [1.807, 2.05) is 23.1 Å². The van der Waals surface area contributed by atoms with Gasteiger partial charge in [0.15, 0.2) is 0 Å². The second-order valence-electron chi connectivity index (χ2n) is 7.31. The minimum absolute atomic E-state index is 0.0654. The Hall–Kier alpha value is -1.99. The van der Waals surface area contributed by atoms with Gasteiger partial charge in [-0.1, -0.05) is 6.07 Å². The third kappa shape index (κ3) is 5.49. The molecule has 1 aromatic carbocycles. The standard InChI is InChI=1S/C20H32N4O3/c1-26-13-12-22-7-6-17(16-22)15-21-20(25)24-10-8-23(9-11-24)18-4-3-5-19(14-18)27-2/h3-5,14,17H,6-13,15-16H2,1-2H3,(H,21,25)/t17-/m0/s1. The van der Waals surface area contributed by atoms with Crippen LogP contribution in [0.15, 0.2) is 24.3 Å². The minimum atomic E-state index is 0.0654. The van der Waals surface area contributed by atoms with Crippen molar-refractivity contribution in [3.63, 3.8) is 0 Å². The SMILES string of the molecule is COCCN1CC[C@@H](CNC(=O)N2CCN(c3cccc(OC)c3)CC2)C1. The smallest absolute Gasteiger partial charge is 0.317 e. The molecular formula is C20H32N4O3. The third-order valence-electron chi connectivity index (χ3n) is 5.51. The molecule has 7 nitrogen and oxygen atoms in total. The summed E-state index contributed by atoms with van der Waals surface area (Å²) in [5.41, 5.74) is 1.15. The summed E-state index contributed by atoms with van der Waals surface area (Å²) in [6.07, 6.45) is 1.15. The van der Waals surface area contributed by atoms with E-state index in [0.29, 0.717) is 5.92 Å². The number of piperazine rings is 1. The zero-order chi connectivity index (χ0) is 19.1. The van der Waals surface area contributed by atoms with Crippen LogP contribution in [-0.4, -0.2) is 89.0 Å². The lowest BCUT2D eigenvalue weighted by Crippen LogP contribution is -2.52. The van der Waals surface area contributed by atoms with Gasteiger partial charge in [0.05, 0.1) is 13.7 Å². The Bertz CT molecular complexity index is 605. The highest BCUT2D eigenvalue weighted by Gasteiger charge is 2.25. The number of hydrogen-bond acceptors (Lipinski definition) is 5. The number of carbonyl (C=O) groups excluding carboxylic acids is 1. The summed E-state index contributed by atoms with van der Waals surface area (Å²) in [5, 5.41) is 3.13. The average Bonchev–Trinajstić information content (AvgIpc) is 3.18. The monoisotopic (exact) mass is 376 g/mol. The molecule has 2 saturated heterocycles. The zero-order valence-corrected chi connectivity index (χ0v) is 16.5. The molecule has 1 atom stereocenters. The molecule has 0 bridgehead atoms. The Balaban J connectivity index is 1.38. The van der Waals surface area contributed by atoms with Crippen molar-refractivity contribution in [1.29, 1.82) is 0 Å². The number of methoxy groups -OCH3 is 2. The van der Waals surface area contributed by atoms with Crippen molar-refractivity contribution >= 4 is 11.7 Å². The lowest BCUT2D eigenvalue weighted by Gasteiger charge is -2.36. The maximum absolute atomic E-state index is 12.5. The molecule has 2 aliphatic heterocycles. The first-order chi connectivity index (χ1) is 13.2. The van der Waals surface area contributed by atoms with E-state index in [9.17, 15) is 4.79 Å². The van der Waals surface area contributed by atoms with E-state index in [1.165, 1.54) is 0 Å². The van der Waals surface area contributed by atoms with Crippen LogP contribution in [-0.2, 0) is 4.74 Å². The molecule has 3 rings (SSSR count). The molecule has 2 amide bonds. The molecule has 7 heteroatoms. The number of amides is 2. The Morgan fingerprint density at radius 3 is 2.74 bits per heavy atom. The second-order valence-corrected chi connectivity index (χ2v) is 7.31. The van der Waals surface area contributed by atoms with Crippen LogP contribution in [0.4, 0.5) is 10.5 Å². The summed E-state index contributed by atoms with van der Waals surface area (Å²) in [6, 6.07) is 8.16. The molecule has 1 aromatic rings. The molecule has 2 aliphatic rings. The fraction of sp³-hybridized carbons (Fsp3) is 0.650. The molecule has 0 unspecified atom stereocenters. The Labute approximate surface area is 162 Å². The van der Waals surface area contributed by atoms with Gasteiger partial charge >= 0.3 is 6.03 Å². The molecule has 1 N–H and O–H groups in total. The lowest BCUT2D eigenvalue weighted by molar-refractivity contribution is 0.158. The average molecular weight is 377 g/mol. The number of likely N-dealkylation sites (tertiary alicyclic amines) is 1. The number of rotatable bonds is 7. The molecule has 2 fully saturated rings. The lowest BCUT2D eigenvalue weighted by atomic mass is 10.1. The number of urea groups is 1. The van der Waals surface area contributed by atoms with Crippen molar-refractivity contribution in [2.75, 3.05) is 78.1 Å². The van der Waals surface area contributed by atoms with Gasteiger partial charge in [0, 0.05) is 64.7 Å². The van der Waals surface area contributed by atoms with Crippen LogP contribution in [0, 0.1) is 5.92 Å². The van der Waals surface area contributed by atoms with Crippen LogP contribution in [0.2, 0.25) is 0 Å². The second kappa shape index (κ2) is 9.80. The number of nitrogens with one attached hydrogen (secondary N) is 1. The predicted octanol–water partition coefficient (Wildman–Crippen LogP) is 1.50. The molecule has 150 valence electrons. The molecule has 0 radical (unpaired) electrons. The number of anilines is 1. The van der Waals surface area contributed by atoms with E-state index in [-0.39, 0.29) is 6.03 Å². The predicted molar refractivity (Wildman–Crippen MR) is 107 cm³/mol.